The van der Waals surface area contributed by atoms with Gasteiger partial charge in [0.2, 0.25) is 0 Å². The Bertz CT molecular complexity index is 401. The van der Waals surface area contributed by atoms with Crippen molar-refractivity contribution in [1.82, 2.24) is 5.32 Å². The average molecular weight is 324 g/mol. The first-order valence-corrected chi connectivity index (χ1v) is 6.94. The minimum atomic E-state index is -3.35. The highest BCUT2D eigenvalue weighted by atomic mass is 19.3. The molecule has 22 heavy (non-hydrogen) atoms. The fourth-order valence-corrected chi connectivity index (χ4v) is 1.37. The van der Waals surface area contributed by atoms with Gasteiger partial charge in [-0.2, -0.15) is 0 Å². The largest absolute Gasteiger partial charge is 0.459 e. The van der Waals surface area contributed by atoms with E-state index in [4.69, 9.17) is 15.2 Å². The Balaban J connectivity index is 4.39. The molecule has 0 aliphatic carbocycles. The van der Waals surface area contributed by atoms with Crippen LogP contribution in [0, 0.1) is 0 Å². The van der Waals surface area contributed by atoms with Gasteiger partial charge < -0.3 is 20.5 Å². The number of amides is 1. The number of ether oxygens (including phenoxy) is 2. The van der Waals surface area contributed by atoms with Crippen molar-refractivity contribution in [2.45, 2.75) is 71.1 Å². The first-order valence-electron chi connectivity index (χ1n) is 6.94. The monoisotopic (exact) mass is 324 g/mol. The Kier molecular flexibility index (Phi) is 6.74. The molecule has 0 aromatic rings. The number of alkyl carbamates (subject to hydrolysis) is 1. The predicted octanol–water partition coefficient (Wildman–Crippen LogP) is 2.21. The van der Waals surface area contributed by atoms with E-state index >= 15 is 0 Å². The SMILES string of the molecule is CC(C)(C)OC(=O)NCC(F)(F)CC(N)C(=O)OC(C)(C)C. The predicted molar refractivity (Wildman–Crippen MR) is 77.6 cm³/mol. The van der Waals surface area contributed by atoms with Gasteiger partial charge in [0.1, 0.15) is 17.2 Å². The van der Waals surface area contributed by atoms with Gasteiger partial charge in [0, 0.05) is 6.42 Å². The van der Waals surface area contributed by atoms with Crippen molar-refractivity contribution >= 4 is 12.1 Å². The van der Waals surface area contributed by atoms with Gasteiger partial charge in [-0.05, 0) is 41.5 Å². The molecule has 3 N–H and O–H groups in total. The molecule has 0 fully saturated rings. The molecule has 0 aromatic carbocycles. The zero-order valence-electron chi connectivity index (χ0n) is 14.0. The fourth-order valence-electron chi connectivity index (χ4n) is 1.37. The minimum absolute atomic E-state index is 0.785. The summed E-state index contributed by atoms with van der Waals surface area (Å²) in [5.41, 5.74) is 3.83. The van der Waals surface area contributed by atoms with Gasteiger partial charge in [0.15, 0.2) is 0 Å². The molecule has 1 amide bonds. The van der Waals surface area contributed by atoms with Crippen molar-refractivity contribution in [2.24, 2.45) is 5.73 Å². The van der Waals surface area contributed by atoms with Crippen LogP contribution in [0.1, 0.15) is 48.0 Å². The molecule has 8 heteroatoms. The summed E-state index contributed by atoms with van der Waals surface area (Å²) in [6.07, 6.45) is -1.89. The maximum absolute atomic E-state index is 13.7. The quantitative estimate of drug-likeness (QED) is 0.757. The molecule has 1 unspecified atom stereocenters. The molecular weight excluding hydrogens is 298 g/mol. The Morgan fingerprint density at radius 3 is 1.91 bits per heavy atom. The number of carbonyl (C=O) groups excluding carboxylic acids is 2. The standard InChI is InChI=1S/C14H26F2N2O4/c1-12(2,3)21-10(19)9(17)7-14(15,16)8-18-11(20)22-13(4,5)6/h9H,7-8,17H2,1-6H3,(H,18,20). The van der Waals surface area contributed by atoms with E-state index in [1.54, 1.807) is 41.5 Å². The molecule has 0 aromatic heterocycles. The maximum atomic E-state index is 13.7. The number of hydrogen-bond donors (Lipinski definition) is 2. The van der Waals surface area contributed by atoms with Crippen LogP contribution in [0.2, 0.25) is 0 Å². The number of alkyl halides is 2. The molecule has 0 aliphatic rings. The molecule has 0 aliphatic heterocycles. The van der Waals surface area contributed by atoms with Gasteiger partial charge in [-0.15, -0.1) is 0 Å². The lowest BCUT2D eigenvalue weighted by atomic mass is 10.1. The second kappa shape index (κ2) is 7.21. The maximum Gasteiger partial charge on any atom is 0.407 e. The first kappa shape index (κ1) is 20.6. The van der Waals surface area contributed by atoms with Crippen LogP contribution in [-0.4, -0.2) is 41.8 Å². The van der Waals surface area contributed by atoms with E-state index < -0.39 is 48.2 Å². The lowest BCUT2D eigenvalue weighted by molar-refractivity contribution is -0.158. The Labute approximate surface area is 129 Å². The highest BCUT2D eigenvalue weighted by Crippen LogP contribution is 2.20. The van der Waals surface area contributed by atoms with Gasteiger partial charge in [-0.1, -0.05) is 0 Å². The molecule has 0 saturated carbocycles. The van der Waals surface area contributed by atoms with E-state index in [-0.39, 0.29) is 0 Å². The van der Waals surface area contributed by atoms with Crippen LogP contribution < -0.4 is 11.1 Å². The Morgan fingerprint density at radius 2 is 1.50 bits per heavy atom. The molecule has 0 bridgehead atoms. The van der Waals surface area contributed by atoms with Crippen LogP contribution in [0.25, 0.3) is 0 Å². The van der Waals surface area contributed by atoms with E-state index in [1.165, 1.54) is 0 Å². The molecule has 0 rings (SSSR count). The number of hydrogen-bond acceptors (Lipinski definition) is 5. The highest BCUT2D eigenvalue weighted by molar-refractivity contribution is 5.76. The molecule has 1 atom stereocenters. The van der Waals surface area contributed by atoms with Crippen LogP contribution in [0.15, 0.2) is 0 Å². The van der Waals surface area contributed by atoms with Crippen molar-refractivity contribution in [3.05, 3.63) is 0 Å². The number of nitrogens with two attached hydrogens (primary N) is 1. The van der Waals surface area contributed by atoms with Crippen molar-refractivity contribution in [3.8, 4) is 0 Å². The van der Waals surface area contributed by atoms with Crippen LogP contribution in [0.3, 0.4) is 0 Å². The number of nitrogens with one attached hydrogen (secondary N) is 1. The van der Waals surface area contributed by atoms with E-state index in [9.17, 15) is 18.4 Å². The second-order valence-corrected chi connectivity index (χ2v) is 7.06. The van der Waals surface area contributed by atoms with E-state index in [0.29, 0.717) is 0 Å². The normalized spacial score (nSPS) is 14.2. The van der Waals surface area contributed by atoms with Crippen LogP contribution >= 0.6 is 0 Å². The molecule has 130 valence electrons. The summed E-state index contributed by atoms with van der Waals surface area (Å²) in [5, 5.41) is 1.95. The third-order valence-electron chi connectivity index (χ3n) is 2.12. The minimum Gasteiger partial charge on any atom is -0.459 e. The number of carbonyl (C=O) groups is 2. The summed E-state index contributed by atoms with van der Waals surface area (Å²) in [6.45, 7) is 8.70. The lowest BCUT2D eigenvalue weighted by Crippen LogP contribution is -2.46. The molecular formula is C14H26F2N2O4. The number of rotatable bonds is 5. The third-order valence-corrected chi connectivity index (χ3v) is 2.12. The summed E-state index contributed by atoms with van der Waals surface area (Å²) < 4.78 is 37.2. The van der Waals surface area contributed by atoms with E-state index in [0.717, 1.165) is 0 Å². The van der Waals surface area contributed by atoms with Crippen molar-refractivity contribution in [2.75, 3.05) is 6.54 Å². The van der Waals surface area contributed by atoms with Gasteiger partial charge in [0.25, 0.3) is 5.92 Å². The summed E-state index contributed by atoms with van der Waals surface area (Å²) in [5.74, 6) is -4.27. The zero-order chi connectivity index (χ0) is 17.8. The van der Waals surface area contributed by atoms with Gasteiger partial charge in [0.05, 0.1) is 6.54 Å². The molecule has 6 nitrogen and oxygen atoms in total. The second-order valence-electron chi connectivity index (χ2n) is 7.06. The molecule has 0 radical (unpaired) electrons. The molecule has 0 heterocycles. The topological polar surface area (TPSA) is 90.6 Å². The van der Waals surface area contributed by atoms with Crippen molar-refractivity contribution in [3.63, 3.8) is 0 Å². The van der Waals surface area contributed by atoms with Crippen LogP contribution in [-0.2, 0) is 14.3 Å². The Morgan fingerprint density at radius 1 is 1.05 bits per heavy atom. The van der Waals surface area contributed by atoms with Crippen LogP contribution in [0.5, 0.6) is 0 Å². The smallest absolute Gasteiger partial charge is 0.407 e. The van der Waals surface area contributed by atoms with Crippen LogP contribution in [0.4, 0.5) is 13.6 Å². The van der Waals surface area contributed by atoms with Crippen molar-refractivity contribution in [1.29, 1.82) is 0 Å². The summed E-state index contributed by atoms with van der Waals surface area (Å²) >= 11 is 0. The summed E-state index contributed by atoms with van der Waals surface area (Å²) in [7, 11) is 0. The lowest BCUT2D eigenvalue weighted by Gasteiger charge is -2.25. The number of esters is 1. The number of halogens is 2. The van der Waals surface area contributed by atoms with Crippen molar-refractivity contribution < 1.29 is 27.8 Å². The van der Waals surface area contributed by atoms with Gasteiger partial charge >= 0.3 is 12.1 Å². The average Bonchev–Trinajstić information content (AvgIpc) is 2.21. The Hall–Kier alpha value is -1.44. The van der Waals surface area contributed by atoms with E-state index in [2.05, 4.69) is 0 Å². The van der Waals surface area contributed by atoms with Gasteiger partial charge in [-0.3, -0.25) is 4.79 Å². The van der Waals surface area contributed by atoms with Gasteiger partial charge in [-0.25, -0.2) is 13.6 Å². The first-order chi connectivity index (χ1) is 9.61. The van der Waals surface area contributed by atoms with E-state index in [1.807, 2.05) is 5.32 Å². The summed E-state index contributed by atoms with van der Waals surface area (Å²) in [4.78, 5) is 22.9. The molecule has 0 spiro atoms. The third kappa shape index (κ3) is 10.3. The molecule has 0 saturated heterocycles. The highest BCUT2D eigenvalue weighted by Gasteiger charge is 2.36. The summed E-state index contributed by atoms with van der Waals surface area (Å²) in [6, 6.07) is -1.48. The fraction of sp³-hybridized carbons (Fsp3) is 0.857. The zero-order valence-corrected chi connectivity index (χ0v) is 14.0.